The van der Waals surface area contributed by atoms with Crippen LogP contribution < -0.4 is 4.74 Å². The van der Waals surface area contributed by atoms with E-state index in [9.17, 15) is 13.2 Å². The number of rotatable bonds is 5. The van der Waals surface area contributed by atoms with Gasteiger partial charge in [-0.05, 0) is 18.2 Å². The van der Waals surface area contributed by atoms with Gasteiger partial charge >= 0.3 is 5.97 Å². The third kappa shape index (κ3) is 2.99. The Labute approximate surface area is 105 Å². The first-order chi connectivity index (χ1) is 8.46. The van der Waals surface area contributed by atoms with E-state index in [-0.39, 0.29) is 16.2 Å². The fraction of sp³-hybridized carbons (Fsp3) is 0.364. The molecule has 1 N–H and O–H groups in total. The lowest BCUT2D eigenvalue weighted by atomic mass is 10.2. The smallest absolute Gasteiger partial charge is 0.341 e. The van der Waals surface area contributed by atoms with Gasteiger partial charge in [-0.3, -0.25) is 0 Å². The second kappa shape index (κ2) is 5.83. The Hall–Kier alpha value is -1.60. The molecule has 1 rings (SSSR count). The van der Waals surface area contributed by atoms with Crippen molar-refractivity contribution in [3.8, 4) is 5.75 Å². The maximum Gasteiger partial charge on any atom is 0.341 e. The van der Waals surface area contributed by atoms with Gasteiger partial charge in [0, 0.05) is 0 Å². The number of aliphatic hydroxyl groups excluding tert-OH is 1. The molecule has 100 valence electrons. The third-order valence-electron chi connectivity index (χ3n) is 2.30. The molecule has 0 fully saturated rings. The van der Waals surface area contributed by atoms with Gasteiger partial charge in [0.1, 0.15) is 11.3 Å². The maximum atomic E-state index is 11.7. The molecule has 0 heterocycles. The predicted molar refractivity (Wildman–Crippen MR) is 63.5 cm³/mol. The van der Waals surface area contributed by atoms with Gasteiger partial charge in [0.05, 0.1) is 31.5 Å². The summed E-state index contributed by atoms with van der Waals surface area (Å²) in [4.78, 5) is 11.4. The molecule has 0 aliphatic carbocycles. The molecule has 0 saturated carbocycles. The molecule has 6 nitrogen and oxygen atoms in total. The minimum atomic E-state index is -3.61. The Kier molecular flexibility index (Phi) is 4.69. The molecular formula is C11H14O6S. The molecule has 0 atom stereocenters. The monoisotopic (exact) mass is 274 g/mol. The Morgan fingerprint density at radius 3 is 2.50 bits per heavy atom. The van der Waals surface area contributed by atoms with Crippen molar-refractivity contribution in [1.82, 2.24) is 0 Å². The van der Waals surface area contributed by atoms with Crippen molar-refractivity contribution in [2.75, 3.05) is 26.6 Å². The second-order valence-corrected chi connectivity index (χ2v) is 5.51. The first-order valence-electron chi connectivity index (χ1n) is 5.06. The van der Waals surface area contributed by atoms with Crippen molar-refractivity contribution < 1.29 is 27.8 Å². The van der Waals surface area contributed by atoms with Crippen molar-refractivity contribution in [3.63, 3.8) is 0 Å². The molecule has 1 aromatic rings. The minimum Gasteiger partial charge on any atom is -0.496 e. The summed E-state index contributed by atoms with van der Waals surface area (Å²) in [5, 5.41) is 8.69. The predicted octanol–water partition coefficient (Wildman–Crippen LogP) is 0.248. The zero-order valence-electron chi connectivity index (χ0n) is 10.0. The largest absolute Gasteiger partial charge is 0.496 e. The average Bonchev–Trinajstić information content (AvgIpc) is 2.37. The van der Waals surface area contributed by atoms with Crippen LogP contribution in [0.5, 0.6) is 5.75 Å². The Morgan fingerprint density at radius 1 is 1.33 bits per heavy atom. The minimum absolute atomic E-state index is 0.0269. The summed E-state index contributed by atoms with van der Waals surface area (Å²) in [5.41, 5.74) is 0.0269. The Morgan fingerprint density at radius 2 is 2.00 bits per heavy atom. The van der Waals surface area contributed by atoms with Gasteiger partial charge in [0.2, 0.25) is 0 Å². The lowest BCUT2D eigenvalue weighted by molar-refractivity contribution is 0.0597. The molecule has 1 aromatic carbocycles. The number of benzene rings is 1. The lowest BCUT2D eigenvalue weighted by Gasteiger charge is -2.09. The van der Waals surface area contributed by atoms with Crippen molar-refractivity contribution in [1.29, 1.82) is 0 Å². The van der Waals surface area contributed by atoms with E-state index in [1.54, 1.807) is 0 Å². The number of aliphatic hydroxyl groups is 1. The highest BCUT2D eigenvalue weighted by Gasteiger charge is 2.19. The van der Waals surface area contributed by atoms with Crippen LogP contribution in [0, 0.1) is 0 Å². The van der Waals surface area contributed by atoms with Crippen LogP contribution in [0.15, 0.2) is 23.1 Å². The Balaban J connectivity index is 3.31. The summed E-state index contributed by atoms with van der Waals surface area (Å²) in [5.74, 6) is -0.863. The SMILES string of the molecule is COC(=O)c1cc(S(=O)(=O)CCO)ccc1OC. The maximum absolute atomic E-state index is 11.7. The zero-order valence-corrected chi connectivity index (χ0v) is 10.9. The summed E-state index contributed by atoms with van der Waals surface area (Å²) in [6, 6.07) is 3.86. The number of carbonyl (C=O) groups excluding carboxylic acids is 1. The zero-order chi connectivity index (χ0) is 13.8. The highest BCUT2D eigenvalue weighted by Crippen LogP contribution is 2.23. The van der Waals surface area contributed by atoms with E-state index in [1.165, 1.54) is 32.4 Å². The van der Waals surface area contributed by atoms with Crippen LogP contribution >= 0.6 is 0 Å². The fourth-order valence-electron chi connectivity index (χ4n) is 1.39. The van der Waals surface area contributed by atoms with E-state index < -0.39 is 28.2 Å². The first-order valence-corrected chi connectivity index (χ1v) is 6.71. The van der Waals surface area contributed by atoms with E-state index in [1.807, 2.05) is 0 Å². The van der Waals surface area contributed by atoms with Crippen molar-refractivity contribution in [3.05, 3.63) is 23.8 Å². The van der Waals surface area contributed by atoms with Crippen molar-refractivity contribution >= 4 is 15.8 Å². The van der Waals surface area contributed by atoms with Crippen molar-refractivity contribution in [2.45, 2.75) is 4.90 Å². The number of carbonyl (C=O) groups is 1. The molecule has 0 spiro atoms. The molecule has 0 aliphatic heterocycles. The number of ether oxygens (including phenoxy) is 2. The summed E-state index contributed by atoms with van der Waals surface area (Å²) in [6.07, 6.45) is 0. The summed E-state index contributed by atoms with van der Waals surface area (Å²) >= 11 is 0. The summed E-state index contributed by atoms with van der Waals surface area (Å²) in [6.45, 7) is -0.484. The molecule has 0 amide bonds. The first kappa shape index (κ1) is 14.5. The normalized spacial score (nSPS) is 11.1. The molecule has 0 bridgehead atoms. The van der Waals surface area contributed by atoms with E-state index in [2.05, 4.69) is 4.74 Å². The van der Waals surface area contributed by atoms with Gasteiger partial charge in [0.25, 0.3) is 0 Å². The van der Waals surface area contributed by atoms with Crippen molar-refractivity contribution in [2.24, 2.45) is 0 Å². The summed E-state index contributed by atoms with van der Waals surface area (Å²) < 4.78 is 33.0. The van der Waals surface area contributed by atoms with Crippen LogP contribution in [0.4, 0.5) is 0 Å². The molecule has 7 heteroatoms. The van der Waals surface area contributed by atoms with Crippen LogP contribution in [-0.4, -0.2) is 46.1 Å². The molecular weight excluding hydrogens is 260 g/mol. The fourth-order valence-corrected chi connectivity index (χ4v) is 2.44. The van der Waals surface area contributed by atoms with Crippen LogP contribution in [0.2, 0.25) is 0 Å². The van der Waals surface area contributed by atoms with E-state index in [4.69, 9.17) is 9.84 Å². The topological polar surface area (TPSA) is 89.9 Å². The van der Waals surface area contributed by atoms with Gasteiger partial charge in [-0.2, -0.15) is 0 Å². The number of hydrogen-bond acceptors (Lipinski definition) is 6. The Bertz CT molecular complexity index is 534. The molecule has 0 radical (unpaired) electrons. The van der Waals surface area contributed by atoms with E-state index >= 15 is 0 Å². The third-order valence-corrected chi connectivity index (χ3v) is 3.99. The van der Waals surface area contributed by atoms with Crippen LogP contribution in [-0.2, 0) is 14.6 Å². The molecule has 18 heavy (non-hydrogen) atoms. The standard InChI is InChI=1S/C11H14O6S/c1-16-10-4-3-8(18(14,15)6-5-12)7-9(10)11(13)17-2/h3-4,7,12H,5-6H2,1-2H3. The lowest BCUT2D eigenvalue weighted by Crippen LogP contribution is -2.12. The number of sulfone groups is 1. The van der Waals surface area contributed by atoms with E-state index in [0.717, 1.165) is 0 Å². The molecule has 0 unspecified atom stereocenters. The highest BCUT2D eigenvalue weighted by molar-refractivity contribution is 7.91. The highest BCUT2D eigenvalue weighted by atomic mass is 32.2. The summed E-state index contributed by atoms with van der Waals surface area (Å²) in [7, 11) is -1.06. The number of esters is 1. The van der Waals surface area contributed by atoms with Gasteiger partial charge in [-0.25, -0.2) is 13.2 Å². The van der Waals surface area contributed by atoms with Crippen LogP contribution in [0.25, 0.3) is 0 Å². The molecule has 0 aliphatic rings. The molecule has 0 aromatic heterocycles. The van der Waals surface area contributed by atoms with Gasteiger partial charge in [-0.15, -0.1) is 0 Å². The van der Waals surface area contributed by atoms with Crippen LogP contribution in [0.3, 0.4) is 0 Å². The van der Waals surface area contributed by atoms with Gasteiger partial charge < -0.3 is 14.6 Å². The number of methoxy groups -OCH3 is 2. The van der Waals surface area contributed by atoms with Gasteiger partial charge in [-0.1, -0.05) is 0 Å². The quantitative estimate of drug-likeness (QED) is 0.774. The van der Waals surface area contributed by atoms with Gasteiger partial charge in [0.15, 0.2) is 9.84 Å². The average molecular weight is 274 g/mol. The molecule has 0 saturated heterocycles. The van der Waals surface area contributed by atoms with E-state index in [0.29, 0.717) is 0 Å². The van der Waals surface area contributed by atoms with Crippen LogP contribution in [0.1, 0.15) is 10.4 Å². The second-order valence-electron chi connectivity index (χ2n) is 3.40. The number of hydrogen-bond donors (Lipinski definition) is 1.